The first-order valence-corrected chi connectivity index (χ1v) is 11.4. The number of anilines is 3. The van der Waals surface area contributed by atoms with Crippen LogP contribution in [0.3, 0.4) is 0 Å². The minimum atomic E-state index is -3.80. The Kier molecular flexibility index (Phi) is 5.68. The van der Waals surface area contributed by atoms with Crippen molar-refractivity contribution in [2.75, 3.05) is 10.0 Å². The predicted molar refractivity (Wildman–Crippen MR) is 124 cm³/mol. The average Bonchev–Trinajstić information content (AvgIpc) is 2.74. The van der Waals surface area contributed by atoms with Crippen LogP contribution in [0.5, 0.6) is 0 Å². The molecule has 4 aromatic rings. The summed E-state index contributed by atoms with van der Waals surface area (Å²) >= 11 is 3.23. The minimum absolute atomic E-state index is 0.103. The lowest BCUT2D eigenvalue weighted by Gasteiger charge is -2.12. The van der Waals surface area contributed by atoms with Crippen molar-refractivity contribution in [3.8, 4) is 0 Å². The van der Waals surface area contributed by atoms with Gasteiger partial charge in [-0.25, -0.2) is 13.2 Å². The smallest absolute Gasteiger partial charge is 0.338 e. The fraction of sp³-hybridized carbons (Fsp3) is 0. The van der Waals surface area contributed by atoms with E-state index in [4.69, 9.17) is 4.42 Å². The number of nitro benzene ring substituents is 1. The zero-order chi connectivity index (χ0) is 22.9. The molecule has 0 atom stereocenters. The predicted octanol–water partition coefficient (Wildman–Crippen LogP) is 5.01. The Hall–Kier alpha value is -3.70. The Morgan fingerprint density at radius 1 is 0.938 bits per heavy atom. The molecule has 2 N–H and O–H groups in total. The summed E-state index contributed by atoms with van der Waals surface area (Å²) in [5.41, 5.74) is 0.620. The SMILES string of the molecule is O=c1cc(Nc2ccc(NS(=O)(=O)c3ccccc3Br)cc2)c2cc([N+](=O)[O-])ccc2o1. The number of fused-ring (bicyclic) bond motifs is 1. The van der Waals surface area contributed by atoms with Crippen LogP contribution in [0.15, 0.2) is 91.4 Å². The number of hydrogen-bond donors (Lipinski definition) is 2. The number of non-ortho nitro benzene ring substituents is 1. The van der Waals surface area contributed by atoms with Gasteiger partial charge >= 0.3 is 5.63 Å². The molecule has 32 heavy (non-hydrogen) atoms. The molecule has 0 amide bonds. The van der Waals surface area contributed by atoms with Gasteiger partial charge in [0, 0.05) is 39.4 Å². The molecule has 162 valence electrons. The first-order valence-electron chi connectivity index (χ1n) is 9.10. The van der Waals surface area contributed by atoms with E-state index in [9.17, 15) is 23.3 Å². The average molecular weight is 516 g/mol. The van der Waals surface area contributed by atoms with Crippen molar-refractivity contribution in [1.29, 1.82) is 0 Å². The van der Waals surface area contributed by atoms with E-state index in [0.29, 0.717) is 26.9 Å². The molecule has 0 radical (unpaired) electrons. The molecule has 3 aromatic carbocycles. The monoisotopic (exact) mass is 515 g/mol. The summed E-state index contributed by atoms with van der Waals surface area (Å²) in [6.45, 7) is 0. The number of nitrogens with zero attached hydrogens (tertiary/aromatic N) is 1. The molecule has 0 unspecified atom stereocenters. The van der Waals surface area contributed by atoms with Gasteiger partial charge in [0.1, 0.15) is 10.5 Å². The van der Waals surface area contributed by atoms with E-state index in [0.717, 1.165) is 0 Å². The molecular weight excluding hydrogens is 502 g/mol. The van der Waals surface area contributed by atoms with Crippen LogP contribution in [0.4, 0.5) is 22.7 Å². The quantitative estimate of drug-likeness (QED) is 0.209. The highest BCUT2D eigenvalue weighted by Crippen LogP contribution is 2.29. The van der Waals surface area contributed by atoms with Crippen molar-refractivity contribution in [3.05, 3.63) is 97.8 Å². The number of rotatable bonds is 6. The summed E-state index contributed by atoms with van der Waals surface area (Å²) in [4.78, 5) is 22.5. The summed E-state index contributed by atoms with van der Waals surface area (Å²) in [7, 11) is -3.80. The standard InChI is InChI=1S/C21H14BrN3O6S/c22-17-3-1-2-4-20(17)32(29,30)24-14-7-5-13(6-8-14)23-18-12-21(26)31-19-10-9-15(25(27)28)11-16(18)19/h1-12,23-24H. The number of sulfonamides is 1. The van der Waals surface area contributed by atoms with Crippen molar-refractivity contribution in [3.63, 3.8) is 0 Å². The Morgan fingerprint density at radius 2 is 1.62 bits per heavy atom. The Bertz CT molecular complexity index is 1500. The van der Waals surface area contributed by atoms with Gasteiger partial charge in [-0.05, 0) is 58.4 Å². The summed E-state index contributed by atoms with van der Waals surface area (Å²) in [6, 6.07) is 17.9. The van der Waals surface area contributed by atoms with Crippen LogP contribution in [0.25, 0.3) is 11.0 Å². The van der Waals surface area contributed by atoms with Crippen LogP contribution >= 0.6 is 15.9 Å². The maximum atomic E-state index is 12.6. The lowest BCUT2D eigenvalue weighted by Crippen LogP contribution is -2.13. The van der Waals surface area contributed by atoms with Crippen LogP contribution < -0.4 is 15.7 Å². The summed E-state index contributed by atoms with van der Waals surface area (Å²) in [5, 5.41) is 14.5. The van der Waals surface area contributed by atoms with Crippen LogP contribution in [-0.4, -0.2) is 13.3 Å². The number of hydrogen-bond acceptors (Lipinski definition) is 7. The number of benzene rings is 3. The lowest BCUT2D eigenvalue weighted by atomic mass is 10.1. The largest absolute Gasteiger partial charge is 0.423 e. The summed E-state index contributed by atoms with van der Waals surface area (Å²) < 4.78 is 33.3. The van der Waals surface area contributed by atoms with E-state index in [-0.39, 0.29) is 16.2 Å². The van der Waals surface area contributed by atoms with Crippen molar-refractivity contribution in [1.82, 2.24) is 0 Å². The van der Waals surface area contributed by atoms with Gasteiger partial charge in [-0.1, -0.05) is 12.1 Å². The van der Waals surface area contributed by atoms with Gasteiger partial charge in [0.2, 0.25) is 0 Å². The van der Waals surface area contributed by atoms with Gasteiger partial charge in [-0.2, -0.15) is 0 Å². The maximum absolute atomic E-state index is 12.6. The maximum Gasteiger partial charge on any atom is 0.338 e. The van der Waals surface area contributed by atoms with Gasteiger partial charge in [-0.15, -0.1) is 0 Å². The molecule has 9 nitrogen and oxygen atoms in total. The Balaban J connectivity index is 1.61. The van der Waals surface area contributed by atoms with Gasteiger partial charge in [0.15, 0.2) is 0 Å². The Morgan fingerprint density at radius 3 is 2.31 bits per heavy atom. The van der Waals surface area contributed by atoms with E-state index in [1.54, 1.807) is 42.5 Å². The highest BCUT2D eigenvalue weighted by Gasteiger charge is 2.17. The van der Waals surface area contributed by atoms with Crippen molar-refractivity contribution in [2.24, 2.45) is 0 Å². The second kappa shape index (κ2) is 8.44. The molecule has 1 heterocycles. The van der Waals surface area contributed by atoms with Crippen LogP contribution in [0.1, 0.15) is 0 Å². The topological polar surface area (TPSA) is 132 Å². The first-order chi connectivity index (χ1) is 15.2. The third-order valence-electron chi connectivity index (χ3n) is 4.48. The molecule has 0 spiro atoms. The fourth-order valence-electron chi connectivity index (χ4n) is 3.02. The molecule has 0 saturated heterocycles. The molecular formula is C21H14BrN3O6S. The van der Waals surface area contributed by atoms with E-state index < -0.39 is 20.6 Å². The molecule has 0 saturated carbocycles. The lowest BCUT2D eigenvalue weighted by molar-refractivity contribution is -0.384. The van der Waals surface area contributed by atoms with Crippen LogP contribution in [0.2, 0.25) is 0 Å². The summed E-state index contributed by atoms with van der Waals surface area (Å²) in [5.74, 6) is 0. The second-order valence-corrected chi connectivity index (χ2v) is 9.16. The molecule has 0 aliphatic rings. The molecule has 4 rings (SSSR count). The molecule has 1 aromatic heterocycles. The van der Waals surface area contributed by atoms with E-state index in [1.807, 2.05) is 0 Å². The molecule has 0 fully saturated rings. The van der Waals surface area contributed by atoms with E-state index >= 15 is 0 Å². The molecule has 0 aliphatic carbocycles. The number of nitrogens with one attached hydrogen (secondary N) is 2. The van der Waals surface area contributed by atoms with Crippen molar-refractivity contribution < 1.29 is 17.8 Å². The third kappa shape index (κ3) is 4.48. The van der Waals surface area contributed by atoms with Gasteiger partial charge in [0.25, 0.3) is 15.7 Å². The summed E-state index contributed by atoms with van der Waals surface area (Å²) in [6.07, 6.45) is 0. The third-order valence-corrected chi connectivity index (χ3v) is 6.87. The zero-order valence-electron chi connectivity index (χ0n) is 16.1. The highest BCUT2D eigenvalue weighted by molar-refractivity contribution is 9.10. The molecule has 11 heteroatoms. The Labute approximate surface area is 190 Å². The van der Waals surface area contributed by atoms with E-state index in [2.05, 4.69) is 26.0 Å². The van der Waals surface area contributed by atoms with Crippen molar-refractivity contribution >= 4 is 59.7 Å². The van der Waals surface area contributed by atoms with E-state index in [1.165, 1.54) is 30.3 Å². The minimum Gasteiger partial charge on any atom is -0.423 e. The van der Waals surface area contributed by atoms with Gasteiger partial charge in [0.05, 0.1) is 10.6 Å². The van der Waals surface area contributed by atoms with Crippen LogP contribution in [0, 0.1) is 10.1 Å². The van der Waals surface area contributed by atoms with Crippen molar-refractivity contribution in [2.45, 2.75) is 4.90 Å². The number of nitro groups is 1. The second-order valence-electron chi connectivity index (χ2n) is 6.65. The fourth-order valence-corrected chi connectivity index (χ4v) is 5.08. The zero-order valence-corrected chi connectivity index (χ0v) is 18.5. The van der Waals surface area contributed by atoms with Gasteiger partial charge in [-0.3, -0.25) is 14.8 Å². The highest BCUT2D eigenvalue weighted by atomic mass is 79.9. The number of halogens is 1. The van der Waals surface area contributed by atoms with Crippen LogP contribution in [-0.2, 0) is 10.0 Å². The first kappa shape index (κ1) is 21.5. The molecule has 0 aliphatic heterocycles. The normalized spacial score (nSPS) is 11.3. The molecule has 0 bridgehead atoms. The van der Waals surface area contributed by atoms with Gasteiger partial charge < -0.3 is 9.73 Å².